The van der Waals surface area contributed by atoms with E-state index >= 15 is 0 Å². The van der Waals surface area contributed by atoms with Gasteiger partial charge in [-0.15, -0.1) is 0 Å². The van der Waals surface area contributed by atoms with Gasteiger partial charge in [0.1, 0.15) is 0 Å². The molecule has 0 saturated carbocycles. The lowest BCUT2D eigenvalue weighted by Crippen LogP contribution is -2.48. The van der Waals surface area contributed by atoms with Gasteiger partial charge < -0.3 is 15.5 Å². The molecule has 1 aliphatic rings. The van der Waals surface area contributed by atoms with E-state index in [-0.39, 0.29) is 0 Å². The van der Waals surface area contributed by atoms with Crippen LogP contribution in [0.1, 0.15) is 25.3 Å². The first kappa shape index (κ1) is 22.2. The van der Waals surface area contributed by atoms with Crippen LogP contribution in [0.2, 0.25) is 0 Å². The Morgan fingerprint density at radius 2 is 1.73 bits per heavy atom. The first-order valence-electron chi connectivity index (χ1n) is 10.6. The number of nitrogens with one attached hydrogen (secondary N) is 2. The van der Waals surface area contributed by atoms with Crippen molar-refractivity contribution in [1.29, 1.82) is 0 Å². The van der Waals surface area contributed by atoms with Crippen LogP contribution in [0.5, 0.6) is 0 Å². The van der Waals surface area contributed by atoms with Crippen molar-refractivity contribution in [2.75, 3.05) is 37.3 Å². The Labute approximate surface area is 180 Å². The molecule has 30 heavy (non-hydrogen) atoms. The third-order valence-corrected chi connectivity index (χ3v) is 6.45. The highest BCUT2D eigenvalue weighted by molar-refractivity contribution is 7.90. The Morgan fingerprint density at radius 3 is 2.33 bits per heavy atom. The molecule has 1 saturated heterocycles. The molecule has 162 valence electrons. The van der Waals surface area contributed by atoms with Crippen molar-refractivity contribution < 1.29 is 8.42 Å². The first-order chi connectivity index (χ1) is 14.5. The number of sulfone groups is 1. The van der Waals surface area contributed by atoms with E-state index in [1.165, 1.54) is 11.9 Å². The number of piperidine rings is 1. The first-order valence-corrected chi connectivity index (χ1v) is 12.5. The molecule has 0 radical (unpaired) electrons. The fraction of sp³-hybridized carbons (Fsp3) is 0.435. The van der Waals surface area contributed by atoms with E-state index in [9.17, 15) is 8.42 Å². The molecule has 2 N–H and O–H groups in total. The van der Waals surface area contributed by atoms with Crippen LogP contribution in [-0.4, -0.2) is 52.9 Å². The van der Waals surface area contributed by atoms with Crippen LogP contribution in [0, 0.1) is 0 Å². The van der Waals surface area contributed by atoms with Gasteiger partial charge in [-0.3, -0.25) is 4.99 Å². The molecule has 0 amide bonds. The summed E-state index contributed by atoms with van der Waals surface area (Å²) in [6.07, 6.45) is 4.15. The average molecular weight is 429 g/mol. The van der Waals surface area contributed by atoms with Gasteiger partial charge in [-0.1, -0.05) is 30.3 Å². The van der Waals surface area contributed by atoms with E-state index in [0.717, 1.165) is 50.4 Å². The Bertz CT molecular complexity index is 919. The second kappa shape index (κ2) is 10.5. The molecule has 0 aliphatic carbocycles. The van der Waals surface area contributed by atoms with Gasteiger partial charge in [0, 0.05) is 44.2 Å². The van der Waals surface area contributed by atoms with Gasteiger partial charge in [0.05, 0.1) is 4.90 Å². The second-order valence-corrected chi connectivity index (χ2v) is 9.68. The largest absolute Gasteiger partial charge is 0.371 e. The topological polar surface area (TPSA) is 73.8 Å². The monoisotopic (exact) mass is 428 g/mol. The summed E-state index contributed by atoms with van der Waals surface area (Å²) in [5, 5.41) is 6.91. The summed E-state index contributed by atoms with van der Waals surface area (Å²) in [4.78, 5) is 7.50. The van der Waals surface area contributed by atoms with Gasteiger partial charge in [0.25, 0.3) is 0 Å². The van der Waals surface area contributed by atoms with Crippen LogP contribution in [0.15, 0.2) is 64.5 Å². The molecule has 0 spiro atoms. The zero-order chi connectivity index (χ0) is 21.4. The van der Waals surface area contributed by atoms with Crippen molar-refractivity contribution in [3.63, 3.8) is 0 Å². The number of para-hydroxylation sites is 1. The molecule has 1 aliphatic heterocycles. The summed E-state index contributed by atoms with van der Waals surface area (Å²) in [5.74, 6) is 0.850. The fourth-order valence-corrected chi connectivity index (χ4v) is 4.26. The minimum Gasteiger partial charge on any atom is -0.371 e. The number of nitrogens with zero attached hydrogens (tertiary/aromatic N) is 2. The maximum atomic E-state index is 11.6. The van der Waals surface area contributed by atoms with Crippen LogP contribution < -0.4 is 15.5 Å². The van der Waals surface area contributed by atoms with E-state index < -0.39 is 9.84 Å². The molecule has 7 heteroatoms. The lowest BCUT2D eigenvalue weighted by molar-refractivity contribution is 0.461. The summed E-state index contributed by atoms with van der Waals surface area (Å²) in [7, 11) is -3.15. The SMILES string of the molecule is CCNC(=NCCc1ccc(S(C)(=O)=O)cc1)NC1CCN(c2ccccc2)CC1. The summed E-state index contributed by atoms with van der Waals surface area (Å²) in [6, 6.07) is 18.0. The molecule has 6 nitrogen and oxygen atoms in total. The molecule has 1 heterocycles. The predicted molar refractivity (Wildman–Crippen MR) is 124 cm³/mol. The van der Waals surface area contributed by atoms with Crippen molar-refractivity contribution in [2.45, 2.75) is 37.1 Å². The second-order valence-electron chi connectivity index (χ2n) is 7.67. The fourth-order valence-electron chi connectivity index (χ4n) is 3.63. The average Bonchev–Trinajstić information content (AvgIpc) is 2.75. The van der Waals surface area contributed by atoms with Crippen molar-refractivity contribution >= 4 is 21.5 Å². The van der Waals surface area contributed by atoms with Gasteiger partial charge >= 0.3 is 0 Å². The Kier molecular flexibility index (Phi) is 7.74. The molecule has 1 fully saturated rings. The number of guanidine groups is 1. The van der Waals surface area contributed by atoms with Crippen LogP contribution in [-0.2, 0) is 16.3 Å². The van der Waals surface area contributed by atoms with Crippen molar-refractivity contribution in [3.05, 3.63) is 60.2 Å². The third kappa shape index (κ3) is 6.49. The molecule has 2 aromatic carbocycles. The number of anilines is 1. The lowest BCUT2D eigenvalue weighted by atomic mass is 10.0. The van der Waals surface area contributed by atoms with E-state index in [2.05, 4.69) is 52.8 Å². The number of hydrogen-bond donors (Lipinski definition) is 2. The molecule has 0 unspecified atom stereocenters. The Morgan fingerprint density at radius 1 is 1.07 bits per heavy atom. The quantitative estimate of drug-likeness (QED) is 0.524. The standard InChI is InChI=1S/C23H32N4O2S/c1-3-24-23(25-16-13-19-9-11-22(12-10-19)30(2,28)29)26-20-14-17-27(18-15-20)21-7-5-4-6-8-21/h4-12,20H,3,13-18H2,1-2H3,(H2,24,25,26). The highest BCUT2D eigenvalue weighted by Crippen LogP contribution is 2.19. The summed E-state index contributed by atoms with van der Waals surface area (Å²) in [6.45, 7) is 5.61. The van der Waals surface area contributed by atoms with Crippen LogP contribution in [0.3, 0.4) is 0 Å². The maximum absolute atomic E-state index is 11.6. The summed E-state index contributed by atoms with van der Waals surface area (Å²) in [5.41, 5.74) is 2.37. The smallest absolute Gasteiger partial charge is 0.191 e. The molecule has 2 aromatic rings. The summed E-state index contributed by atoms with van der Waals surface area (Å²) >= 11 is 0. The predicted octanol–water partition coefficient (Wildman–Crippen LogP) is 2.86. The van der Waals surface area contributed by atoms with Crippen molar-refractivity contribution in [2.24, 2.45) is 4.99 Å². The molecular formula is C23H32N4O2S. The number of aliphatic imine (C=N–C) groups is 1. The van der Waals surface area contributed by atoms with E-state index in [0.29, 0.717) is 17.5 Å². The van der Waals surface area contributed by atoms with Crippen LogP contribution in [0.25, 0.3) is 0 Å². The minimum absolute atomic E-state index is 0.353. The highest BCUT2D eigenvalue weighted by Gasteiger charge is 2.20. The molecule has 0 aromatic heterocycles. The summed E-state index contributed by atoms with van der Waals surface area (Å²) < 4.78 is 23.1. The molecule has 3 rings (SSSR count). The van der Waals surface area contributed by atoms with E-state index in [1.54, 1.807) is 12.1 Å². The Balaban J connectivity index is 1.50. The lowest BCUT2D eigenvalue weighted by Gasteiger charge is -2.34. The normalized spacial score (nSPS) is 15.8. The third-order valence-electron chi connectivity index (χ3n) is 5.32. The number of rotatable bonds is 7. The zero-order valence-corrected chi connectivity index (χ0v) is 18.7. The van der Waals surface area contributed by atoms with Gasteiger partial charge in [-0.25, -0.2) is 8.42 Å². The van der Waals surface area contributed by atoms with Crippen LogP contribution >= 0.6 is 0 Å². The van der Waals surface area contributed by atoms with Crippen molar-refractivity contribution in [1.82, 2.24) is 10.6 Å². The van der Waals surface area contributed by atoms with E-state index in [1.807, 2.05) is 12.1 Å². The molecule has 0 atom stereocenters. The van der Waals surface area contributed by atoms with Gasteiger partial charge in [0.15, 0.2) is 15.8 Å². The van der Waals surface area contributed by atoms with E-state index in [4.69, 9.17) is 4.99 Å². The highest BCUT2D eigenvalue weighted by atomic mass is 32.2. The van der Waals surface area contributed by atoms with Crippen molar-refractivity contribution in [3.8, 4) is 0 Å². The molecular weight excluding hydrogens is 396 g/mol. The molecule has 0 bridgehead atoms. The number of benzene rings is 2. The Hall–Kier alpha value is -2.54. The van der Waals surface area contributed by atoms with Crippen LogP contribution in [0.4, 0.5) is 5.69 Å². The number of hydrogen-bond acceptors (Lipinski definition) is 4. The van der Waals surface area contributed by atoms with Gasteiger partial charge in [0.2, 0.25) is 0 Å². The maximum Gasteiger partial charge on any atom is 0.191 e. The zero-order valence-electron chi connectivity index (χ0n) is 17.8. The van der Waals surface area contributed by atoms with Gasteiger partial charge in [-0.2, -0.15) is 0 Å². The van der Waals surface area contributed by atoms with Gasteiger partial charge in [-0.05, 0) is 56.0 Å². The minimum atomic E-state index is -3.15.